The Kier molecular flexibility index (Phi) is 4.36. The number of hydrogen-bond donors (Lipinski definition) is 1. The van der Waals surface area contributed by atoms with Gasteiger partial charge in [-0.25, -0.2) is 17.2 Å². The van der Waals surface area contributed by atoms with Crippen molar-refractivity contribution < 1.29 is 36.3 Å². The summed E-state index contributed by atoms with van der Waals surface area (Å²) in [4.78, 5) is 23.7. The quantitative estimate of drug-likeness (QED) is 0.805. The summed E-state index contributed by atoms with van der Waals surface area (Å²) in [5, 5.41) is 0. The Balaban J connectivity index is 2.56. The number of halogens is 2. The molecule has 24 heavy (non-hydrogen) atoms. The lowest BCUT2D eigenvalue weighted by atomic mass is 9.91. The van der Waals surface area contributed by atoms with Crippen LogP contribution in [0.25, 0.3) is 0 Å². The molecule has 1 aliphatic heterocycles. The molecule has 130 valence electrons. The van der Waals surface area contributed by atoms with Gasteiger partial charge in [0.15, 0.2) is 11.6 Å². The van der Waals surface area contributed by atoms with Crippen LogP contribution in [0, 0.1) is 11.6 Å². The molecule has 10 heteroatoms. The van der Waals surface area contributed by atoms with Crippen molar-refractivity contribution in [3.8, 4) is 0 Å². The Bertz CT molecular complexity index is 864. The van der Waals surface area contributed by atoms with Crippen LogP contribution in [0.1, 0.15) is 19.4 Å². The summed E-state index contributed by atoms with van der Waals surface area (Å²) in [5.41, 5.74) is -2.58. The third kappa shape index (κ3) is 3.23. The van der Waals surface area contributed by atoms with E-state index >= 15 is 0 Å². The lowest BCUT2D eigenvalue weighted by Crippen LogP contribution is -2.33. The van der Waals surface area contributed by atoms with Crippen LogP contribution in [0.4, 0.5) is 8.78 Å². The van der Waals surface area contributed by atoms with Crippen LogP contribution >= 0.6 is 0 Å². The largest absolute Gasteiger partial charge is 0.456 e. The van der Waals surface area contributed by atoms with Gasteiger partial charge in [-0.05, 0) is 13.0 Å². The van der Waals surface area contributed by atoms with E-state index in [1.54, 1.807) is 0 Å². The minimum absolute atomic E-state index is 0.470. The van der Waals surface area contributed by atoms with Gasteiger partial charge in [0.1, 0.15) is 0 Å². The molecule has 0 fully saturated rings. The van der Waals surface area contributed by atoms with E-state index in [2.05, 4.69) is 0 Å². The molecule has 0 spiro atoms. The average Bonchev–Trinajstić information content (AvgIpc) is 2.65. The van der Waals surface area contributed by atoms with Crippen molar-refractivity contribution in [1.82, 2.24) is 4.72 Å². The molecular formula is C14H13F2NO6S. The maximum absolute atomic E-state index is 14.1. The molecule has 7 nitrogen and oxygen atoms in total. The van der Waals surface area contributed by atoms with E-state index in [0.29, 0.717) is 0 Å². The minimum Gasteiger partial charge on any atom is -0.456 e. The predicted molar refractivity (Wildman–Crippen MR) is 76.6 cm³/mol. The van der Waals surface area contributed by atoms with Gasteiger partial charge in [-0.3, -0.25) is 14.3 Å². The number of sulfonamides is 1. The fourth-order valence-electron chi connectivity index (χ4n) is 2.14. The number of benzene rings is 1. The molecule has 0 saturated heterocycles. The second-order valence-electron chi connectivity index (χ2n) is 5.19. The van der Waals surface area contributed by atoms with Gasteiger partial charge in [0, 0.05) is 12.5 Å². The maximum Gasteiger partial charge on any atom is 0.308 e. The smallest absolute Gasteiger partial charge is 0.308 e. The zero-order valence-electron chi connectivity index (χ0n) is 12.8. The lowest BCUT2D eigenvalue weighted by Gasteiger charge is -2.24. The van der Waals surface area contributed by atoms with Gasteiger partial charge >= 0.3 is 5.97 Å². The first-order valence-corrected chi connectivity index (χ1v) is 8.43. The van der Waals surface area contributed by atoms with Crippen LogP contribution in [-0.2, 0) is 34.7 Å². The fraction of sp³-hybridized carbons (Fsp3) is 0.286. The van der Waals surface area contributed by atoms with E-state index in [0.717, 1.165) is 38.3 Å². The van der Waals surface area contributed by atoms with Gasteiger partial charge in [0.25, 0.3) is 5.78 Å². The number of hydrogen-bond acceptors (Lipinski definition) is 6. The van der Waals surface area contributed by atoms with E-state index in [-0.39, 0.29) is 0 Å². The monoisotopic (exact) mass is 361 g/mol. The second kappa shape index (κ2) is 5.86. The Morgan fingerprint density at radius 1 is 1.33 bits per heavy atom. The van der Waals surface area contributed by atoms with Crippen molar-refractivity contribution in [2.75, 3.05) is 6.26 Å². The molecule has 0 saturated carbocycles. The molecule has 1 aromatic rings. The van der Waals surface area contributed by atoms with Crippen molar-refractivity contribution in [3.05, 3.63) is 47.0 Å². The van der Waals surface area contributed by atoms with E-state index in [1.165, 1.54) is 0 Å². The molecule has 0 bridgehead atoms. The van der Waals surface area contributed by atoms with Gasteiger partial charge in [0.2, 0.25) is 27.3 Å². The van der Waals surface area contributed by atoms with Gasteiger partial charge < -0.3 is 9.47 Å². The molecule has 1 unspecified atom stereocenters. The molecule has 1 N–H and O–H groups in total. The van der Waals surface area contributed by atoms with Gasteiger partial charge in [-0.1, -0.05) is 12.1 Å². The number of nitrogens with one attached hydrogen (secondary N) is 1. The van der Waals surface area contributed by atoms with E-state index < -0.39 is 56.2 Å². The molecule has 1 atom stereocenters. The molecule has 1 heterocycles. The minimum atomic E-state index is -3.89. The molecular weight excluding hydrogens is 348 g/mol. The number of carbonyl (C=O) groups excluding carboxylic acids is 2. The summed E-state index contributed by atoms with van der Waals surface area (Å²) >= 11 is 0. The van der Waals surface area contributed by atoms with Crippen molar-refractivity contribution >= 4 is 21.8 Å². The third-order valence-corrected chi connectivity index (χ3v) is 3.70. The Morgan fingerprint density at radius 3 is 2.50 bits per heavy atom. The van der Waals surface area contributed by atoms with Crippen molar-refractivity contribution in [1.29, 1.82) is 0 Å². The van der Waals surface area contributed by atoms with Crippen LogP contribution in [0.3, 0.4) is 0 Å². The van der Waals surface area contributed by atoms with Gasteiger partial charge in [-0.2, -0.15) is 0 Å². The standard InChI is InChI=1S/C14H13F2NO6S/c1-7(18)22-11-12(19)14(2,23-13(11)17-24(3,20)21)8-5-4-6-9(15)10(8)16/h4-6,17H,1-3H3. The van der Waals surface area contributed by atoms with Crippen LogP contribution in [0.2, 0.25) is 0 Å². The SMILES string of the molecule is CC(=O)OC1=C(NS(C)(=O)=O)OC(C)(c2cccc(F)c2F)C1=O. The van der Waals surface area contributed by atoms with Crippen molar-refractivity contribution in [2.45, 2.75) is 19.4 Å². The van der Waals surface area contributed by atoms with Crippen LogP contribution < -0.4 is 4.72 Å². The van der Waals surface area contributed by atoms with Gasteiger partial charge in [0.05, 0.1) is 6.26 Å². The highest BCUT2D eigenvalue weighted by Crippen LogP contribution is 2.40. The van der Waals surface area contributed by atoms with Crippen LogP contribution in [0.5, 0.6) is 0 Å². The predicted octanol–water partition coefficient (Wildman–Crippen LogP) is 1.06. The number of ketones is 1. The van der Waals surface area contributed by atoms with E-state index in [1.807, 2.05) is 4.72 Å². The molecule has 1 aliphatic rings. The number of Topliss-reactive ketones (excluding diaryl/α,β-unsaturated/α-hetero) is 1. The average molecular weight is 361 g/mol. The molecule has 0 aliphatic carbocycles. The molecule has 0 amide bonds. The summed E-state index contributed by atoms with van der Waals surface area (Å²) in [7, 11) is -3.89. The van der Waals surface area contributed by atoms with Crippen LogP contribution in [-0.4, -0.2) is 26.4 Å². The molecule has 0 aromatic heterocycles. The normalized spacial score (nSPS) is 20.8. The number of carbonyl (C=O) groups is 2. The molecule has 0 radical (unpaired) electrons. The summed E-state index contributed by atoms with van der Waals surface area (Å²) < 4.78 is 62.1. The third-order valence-electron chi connectivity index (χ3n) is 3.14. The Labute approximate surface area is 136 Å². The fourth-order valence-corrected chi connectivity index (χ4v) is 2.61. The van der Waals surface area contributed by atoms with Crippen molar-refractivity contribution in [2.24, 2.45) is 0 Å². The number of rotatable bonds is 4. The summed E-state index contributed by atoms with van der Waals surface area (Å²) in [5.74, 6) is -5.92. The lowest BCUT2D eigenvalue weighted by molar-refractivity contribution is -0.142. The first kappa shape index (κ1) is 17.9. The molecule has 1 aromatic carbocycles. The Morgan fingerprint density at radius 2 is 1.96 bits per heavy atom. The highest BCUT2D eigenvalue weighted by Gasteiger charge is 2.51. The summed E-state index contributed by atoms with van der Waals surface area (Å²) in [6, 6.07) is 3.10. The first-order chi connectivity index (χ1) is 11.0. The first-order valence-electron chi connectivity index (χ1n) is 6.54. The number of esters is 1. The van der Waals surface area contributed by atoms with Gasteiger partial charge in [-0.15, -0.1) is 0 Å². The summed E-state index contributed by atoms with van der Waals surface area (Å²) in [6.07, 6.45) is 0.775. The van der Waals surface area contributed by atoms with Crippen molar-refractivity contribution in [3.63, 3.8) is 0 Å². The summed E-state index contributed by atoms with van der Waals surface area (Å²) in [6.45, 7) is 2.09. The van der Waals surface area contributed by atoms with Crippen LogP contribution in [0.15, 0.2) is 29.8 Å². The number of ether oxygens (including phenoxy) is 2. The zero-order chi connectivity index (χ0) is 18.3. The van der Waals surface area contributed by atoms with E-state index in [9.17, 15) is 26.8 Å². The highest BCUT2D eigenvalue weighted by molar-refractivity contribution is 7.88. The zero-order valence-corrected chi connectivity index (χ0v) is 13.7. The van der Waals surface area contributed by atoms with E-state index in [4.69, 9.17) is 9.47 Å². The highest BCUT2D eigenvalue weighted by atomic mass is 32.2. The Hall–Kier alpha value is -2.49. The molecule has 2 rings (SSSR count). The topological polar surface area (TPSA) is 98.8 Å². The second-order valence-corrected chi connectivity index (χ2v) is 6.94. The maximum atomic E-state index is 14.1.